The van der Waals surface area contributed by atoms with Crippen molar-refractivity contribution < 1.29 is 15.0 Å². The zero-order valence-electron chi connectivity index (χ0n) is 10.7. The van der Waals surface area contributed by atoms with E-state index in [0.717, 1.165) is 16.5 Å². The van der Waals surface area contributed by atoms with Gasteiger partial charge in [-0.1, -0.05) is 0 Å². The number of hydrogen-bond donors (Lipinski definition) is 2. The summed E-state index contributed by atoms with van der Waals surface area (Å²) in [6.07, 6.45) is 1.87. The predicted molar refractivity (Wildman–Crippen MR) is 70.0 cm³/mol. The molecule has 1 aromatic heterocycles. The third-order valence-electron chi connectivity index (χ3n) is 3.24. The van der Waals surface area contributed by atoms with Crippen molar-refractivity contribution in [2.75, 3.05) is 0 Å². The highest BCUT2D eigenvalue weighted by Crippen LogP contribution is 2.32. The molecule has 0 spiro atoms. The Morgan fingerprint density at radius 2 is 1.94 bits per heavy atom. The number of phenolic OH excluding ortho intramolecular Hbond substituents is 1. The molecule has 0 aliphatic carbocycles. The normalized spacial score (nSPS) is 13.1. The van der Waals surface area contributed by atoms with Crippen LogP contribution in [-0.4, -0.2) is 20.7 Å². The van der Waals surface area contributed by atoms with Crippen molar-refractivity contribution in [1.82, 2.24) is 4.57 Å². The minimum absolute atomic E-state index is 0.192. The van der Waals surface area contributed by atoms with Gasteiger partial charge in [-0.3, -0.25) is 4.79 Å². The topological polar surface area (TPSA) is 62.5 Å². The van der Waals surface area contributed by atoms with E-state index in [1.54, 1.807) is 25.1 Å². The van der Waals surface area contributed by atoms with Crippen LogP contribution in [0.2, 0.25) is 0 Å². The number of aromatic hydroxyl groups is 1. The Labute approximate surface area is 105 Å². The molecule has 0 aliphatic rings. The molecule has 2 N–H and O–H groups in total. The van der Waals surface area contributed by atoms with Gasteiger partial charge < -0.3 is 14.8 Å². The monoisotopic (exact) mass is 247 g/mol. The van der Waals surface area contributed by atoms with Gasteiger partial charge in [0.2, 0.25) is 0 Å². The first-order chi connectivity index (χ1) is 8.41. The van der Waals surface area contributed by atoms with E-state index < -0.39 is 11.9 Å². The minimum Gasteiger partial charge on any atom is -0.508 e. The average Bonchev–Trinajstić information content (AvgIpc) is 2.66. The molecule has 0 aliphatic heterocycles. The summed E-state index contributed by atoms with van der Waals surface area (Å²) < 4.78 is 1.99. The smallest absolute Gasteiger partial charge is 0.310 e. The van der Waals surface area contributed by atoms with Crippen molar-refractivity contribution in [2.45, 2.75) is 32.7 Å². The fourth-order valence-corrected chi connectivity index (χ4v) is 2.17. The predicted octanol–water partition coefficient (Wildman–Crippen LogP) is 3.12. The second-order valence-corrected chi connectivity index (χ2v) is 4.85. The summed E-state index contributed by atoms with van der Waals surface area (Å²) in [6.45, 7) is 5.73. The molecule has 0 saturated heterocycles. The number of aliphatic carboxylic acids is 1. The quantitative estimate of drug-likeness (QED) is 0.876. The summed E-state index contributed by atoms with van der Waals surface area (Å²) >= 11 is 0. The fourth-order valence-electron chi connectivity index (χ4n) is 2.17. The van der Waals surface area contributed by atoms with Crippen LogP contribution in [0.3, 0.4) is 0 Å². The molecule has 4 nitrogen and oxygen atoms in total. The van der Waals surface area contributed by atoms with Crippen LogP contribution >= 0.6 is 0 Å². The molecule has 18 heavy (non-hydrogen) atoms. The molecule has 4 heteroatoms. The van der Waals surface area contributed by atoms with Gasteiger partial charge in [-0.15, -0.1) is 0 Å². The zero-order valence-corrected chi connectivity index (χ0v) is 10.7. The molecule has 1 unspecified atom stereocenters. The fraction of sp³-hybridized carbons (Fsp3) is 0.357. The number of carboxylic acids is 1. The standard InChI is InChI=1S/C14H17NO3/c1-8(2)15-7-12(9(3)14(17)18)11-5-4-10(16)6-13(11)15/h4-9,16H,1-3H3,(H,17,18). The van der Waals surface area contributed by atoms with E-state index in [0.29, 0.717) is 0 Å². The molecule has 0 amide bonds. The molecular weight excluding hydrogens is 230 g/mol. The number of hydrogen-bond acceptors (Lipinski definition) is 2. The maximum Gasteiger partial charge on any atom is 0.310 e. The Morgan fingerprint density at radius 1 is 1.28 bits per heavy atom. The highest BCUT2D eigenvalue weighted by atomic mass is 16.4. The highest BCUT2D eigenvalue weighted by molar-refractivity contribution is 5.90. The number of carbonyl (C=O) groups is 1. The van der Waals surface area contributed by atoms with Gasteiger partial charge >= 0.3 is 5.97 Å². The van der Waals surface area contributed by atoms with Crippen LogP contribution in [0.25, 0.3) is 10.9 Å². The van der Waals surface area contributed by atoms with Gasteiger partial charge in [0.15, 0.2) is 0 Å². The Hall–Kier alpha value is -1.97. The Morgan fingerprint density at radius 3 is 2.50 bits per heavy atom. The Kier molecular flexibility index (Phi) is 3.03. The van der Waals surface area contributed by atoms with Crippen LogP contribution in [0.4, 0.5) is 0 Å². The van der Waals surface area contributed by atoms with E-state index in [2.05, 4.69) is 0 Å². The molecule has 2 rings (SSSR count). The summed E-state index contributed by atoms with van der Waals surface area (Å²) in [5.74, 6) is -1.21. The number of rotatable bonds is 3. The average molecular weight is 247 g/mol. The number of nitrogens with zero attached hydrogens (tertiary/aromatic N) is 1. The molecular formula is C14H17NO3. The van der Waals surface area contributed by atoms with Crippen molar-refractivity contribution >= 4 is 16.9 Å². The molecule has 1 atom stereocenters. The van der Waals surface area contributed by atoms with Crippen LogP contribution in [0, 0.1) is 0 Å². The van der Waals surface area contributed by atoms with Crippen LogP contribution in [-0.2, 0) is 4.79 Å². The second-order valence-electron chi connectivity index (χ2n) is 4.85. The highest BCUT2D eigenvalue weighted by Gasteiger charge is 2.20. The van der Waals surface area contributed by atoms with Gasteiger partial charge in [0.05, 0.1) is 11.4 Å². The van der Waals surface area contributed by atoms with Gasteiger partial charge in [0.1, 0.15) is 5.75 Å². The number of aromatic nitrogens is 1. The van der Waals surface area contributed by atoms with Gasteiger partial charge in [-0.2, -0.15) is 0 Å². The van der Waals surface area contributed by atoms with E-state index >= 15 is 0 Å². The van der Waals surface area contributed by atoms with Gasteiger partial charge in [0, 0.05) is 23.7 Å². The molecule has 1 heterocycles. The molecule has 0 fully saturated rings. The van der Waals surface area contributed by atoms with E-state index in [4.69, 9.17) is 5.11 Å². The third-order valence-corrected chi connectivity index (χ3v) is 3.24. The maximum absolute atomic E-state index is 11.1. The lowest BCUT2D eigenvalue weighted by molar-refractivity contribution is -0.138. The molecule has 0 bridgehead atoms. The summed E-state index contributed by atoms with van der Waals surface area (Å²) in [7, 11) is 0. The van der Waals surface area contributed by atoms with Crippen LogP contribution in [0.1, 0.15) is 38.3 Å². The number of phenols is 1. The lowest BCUT2D eigenvalue weighted by Gasteiger charge is -2.08. The lowest BCUT2D eigenvalue weighted by Crippen LogP contribution is -2.07. The summed E-state index contributed by atoms with van der Waals surface area (Å²) in [4.78, 5) is 11.1. The van der Waals surface area contributed by atoms with E-state index in [9.17, 15) is 9.90 Å². The minimum atomic E-state index is -0.842. The number of benzene rings is 1. The zero-order chi connectivity index (χ0) is 13.4. The van der Waals surface area contributed by atoms with E-state index in [1.165, 1.54) is 0 Å². The molecule has 96 valence electrons. The van der Waals surface area contributed by atoms with Crippen LogP contribution in [0.5, 0.6) is 5.75 Å². The lowest BCUT2D eigenvalue weighted by atomic mass is 10.0. The first-order valence-electron chi connectivity index (χ1n) is 5.98. The molecule has 2 aromatic rings. The Balaban J connectivity index is 2.72. The number of carboxylic acid groups (broad SMARTS) is 1. The molecule has 0 radical (unpaired) electrons. The third kappa shape index (κ3) is 1.94. The van der Waals surface area contributed by atoms with Gasteiger partial charge in [-0.25, -0.2) is 0 Å². The van der Waals surface area contributed by atoms with Gasteiger partial charge in [-0.05, 0) is 38.5 Å². The summed E-state index contributed by atoms with van der Waals surface area (Å²) in [6, 6.07) is 5.25. The maximum atomic E-state index is 11.1. The number of fused-ring (bicyclic) bond motifs is 1. The van der Waals surface area contributed by atoms with Crippen molar-refractivity contribution in [2.24, 2.45) is 0 Å². The first-order valence-corrected chi connectivity index (χ1v) is 5.98. The largest absolute Gasteiger partial charge is 0.508 e. The van der Waals surface area contributed by atoms with Crippen LogP contribution < -0.4 is 0 Å². The molecule has 1 aromatic carbocycles. The van der Waals surface area contributed by atoms with Crippen molar-refractivity contribution in [3.05, 3.63) is 30.0 Å². The summed E-state index contributed by atoms with van der Waals surface area (Å²) in [5.41, 5.74) is 1.65. The van der Waals surface area contributed by atoms with Crippen molar-refractivity contribution in [3.8, 4) is 5.75 Å². The SMILES string of the molecule is CC(C(=O)O)c1cn(C(C)C)c2cc(O)ccc12. The second kappa shape index (κ2) is 4.37. The first kappa shape index (κ1) is 12.5. The van der Waals surface area contributed by atoms with Crippen molar-refractivity contribution in [3.63, 3.8) is 0 Å². The van der Waals surface area contributed by atoms with Crippen molar-refractivity contribution in [1.29, 1.82) is 0 Å². The van der Waals surface area contributed by atoms with E-state index in [-0.39, 0.29) is 11.8 Å². The molecule has 0 saturated carbocycles. The van der Waals surface area contributed by atoms with Crippen LogP contribution in [0.15, 0.2) is 24.4 Å². The summed E-state index contributed by atoms with van der Waals surface area (Å²) in [5, 5.41) is 19.6. The Bertz CT molecular complexity index is 598. The van der Waals surface area contributed by atoms with E-state index in [1.807, 2.05) is 24.6 Å². The van der Waals surface area contributed by atoms with Gasteiger partial charge in [0.25, 0.3) is 0 Å².